The van der Waals surface area contributed by atoms with Crippen LogP contribution in [0.2, 0.25) is 5.02 Å². The van der Waals surface area contributed by atoms with Gasteiger partial charge in [-0.2, -0.15) is 0 Å². The molecule has 7 heteroatoms. The Labute approximate surface area is 146 Å². The molecule has 0 unspecified atom stereocenters. The molecule has 0 saturated heterocycles. The third-order valence-electron chi connectivity index (χ3n) is 2.89. The number of benzene rings is 1. The van der Waals surface area contributed by atoms with Gasteiger partial charge in [-0.1, -0.05) is 47.3 Å². The Morgan fingerprint density at radius 1 is 1.27 bits per heavy atom. The lowest BCUT2D eigenvalue weighted by atomic mass is 10.3. The third-order valence-corrected chi connectivity index (χ3v) is 6.25. The highest BCUT2D eigenvalue weighted by molar-refractivity contribution is 8.01. The topological polar surface area (TPSA) is 30.7 Å². The van der Waals surface area contributed by atoms with Gasteiger partial charge in [0.2, 0.25) is 0 Å². The first kappa shape index (κ1) is 15.9. The molecule has 0 fully saturated rings. The molecule has 0 amide bonds. The van der Waals surface area contributed by atoms with Crippen LogP contribution in [0.3, 0.4) is 0 Å². The lowest BCUT2D eigenvalue weighted by Crippen LogP contribution is -1.88. The Kier molecular flexibility index (Phi) is 5.46. The molecule has 3 nitrogen and oxygen atoms in total. The van der Waals surface area contributed by atoms with Crippen molar-refractivity contribution < 1.29 is 0 Å². The number of rotatable bonds is 6. The Balaban J connectivity index is 1.47. The second-order valence-electron chi connectivity index (χ2n) is 4.51. The quantitative estimate of drug-likeness (QED) is 0.446. The number of fused-ring (bicyclic) bond motifs is 1. The minimum Gasteiger partial charge on any atom is -0.329 e. The standard InChI is InChI=1S/C15H14ClN3S3/c1-19-7-6-17-14(19)20-8-2-3-9-21-15-18-12-5-4-11(16)10-13(12)22-15/h2-7,10H,8-9H2,1H3. The van der Waals surface area contributed by atoms with Crippen LogP contribution < -0.4 is 0 Å². The number of imidazole rings is 1. The van der Waals surface area contributed by atoms with Gasteiger partial charge in [0.25, 0.3) is 0 Å². The molecular weight excluding hydrogens is 354 g/mol. The molecular formula is C15H14ClN3S3. The summed E-state index contributed by atoms with van der Waals surface area (Å²) in [7, 11) is 2.01. The Hall–Kier alpha value is -0.950. The van der Waals surface area contributed by atoms with Gasteiger partial charge >= 0.3 is 0 Å². The van der Waals surface area contributed by atoms with Crippen LogP contribution in [0.4, 0.5) is 0 Å². The van der Waals surface area contributed by atoms with E-state index in [4.69, 9.17) is 11.6 Å². The van der Waals surface area contributed by atoms with E-state index in [1.165, 1.54) is 0 Å². The minimum absolute atomic E-state index is 0.763. The normalized spacial score (nSPS) is 11.7. The number of halogens is 1. The fourth-order valence-electron chi connectivity index (χ4n) is 1.81. The van der Waals surface area contributed by atoms with Gasteiger partial charge in [-0.15, -0.1) is 11.3 Å². The number of aryl methyl sites for hydroxylation is 1. The van der Waals surface area contributed by atoms with Crippen molar-refractivity contribution in [3.63, 3.8) is 0 Å². The van der Waals surface area contributed by atoms with Crippen LogP contribution in [0.25, 0.3) is 10.2 Å². The summed E-state index contributed by atoms with van der Waals surface area (Å²) in [4.78, 5) is 8.87. The van der Waals surface area contributed by atoms with Gasteiger partial charge in [0.05, 0.1) is 10.2 Å². The van der Waals surface area contributed by atoms with Crippen molar-refractivity contribution in [2.75, 3.05) is 11.5 Å². The Morgan fingerprint density at radius 3 is 2.86 bits per heavy atom. The fourth-order valence-corrected chi connectivity index (χ4v) is 4.81. The molecule has 0 saturated carbocycles. The van der Waals surface area contributed by atoms with E-state index >= 15 is 0 Å². The molecule has 3 rings (SSSR count). The van der Waals surface area contributed by atoms with Crippen LogP contribution in [0.5, 0.6) is 0 Å². The number of thiazole rings is 1. The number of hydrogen-bond donors (Lipinski definition) is 0. The van der Waals surface area contributed by atoms with Crippen molar-refractivity contribution in [3.05, 3.63) is 47.8 Å². The van der Waals surface area contributed by atoms with E-state index in [9.17, 15) is 0 Å². The number of hydrogen-bond acceptors (Lipinski definition) is 5. The smallest absolute Gasteiger partial charge is 0.167 e. The molecule has 2 heterocycles. The van der Waals surface area contributed by atoms with Crippen LogP contribution in [-0.4, -0.2) is 26.0 Å². The summed E-state index contributed by atoms with van der Waals surface area (Å²) >= 11 is 11.2. The van der Waals surface area contributed by atoms with Crippen LogP contribution in [0.15, 0.2) is 52.2 Å². The molecule has 0 aliphatic carbocycles. The lowest BCUT2D eigenvalue weighted by Gasteiger charge is -1.97. The Bertz CT molecular complexity index is 794. The molecule has 0 N–H and O–H groups in total. The van der Waals surface area contributed by atoms with Crippen LogP contribution in [0, 0.1) is 0 Å². The molecule has 0 bridgehead atoms. The van der Waals surface area contributed by atoms with Crippen LogP contribution >= 0.6 is 46.5 Å². The largest absolute Gasteiger partial charge is 0.329 e. The van der Waals surface area contributed by atoms with Crippen molar-refractivity contribution in [1.29, 1.82) is 0 Å². The summed E-state index contributed by atoms with van der Waals surface area (Å²) in [5.74, 6) is 1.86. The molecule has 0 spiro atoms. The molecule has 0 radical (unpaired) electrons. The zero-order chi connectivity index (χ0) is 15.4. The Morgan fingerprint density at radius 2 is 2.09 bits per heavy atom. The first-order valence-electron chi connectivity index (χ1n) is 6.66. The predicted octanol–water partition coefficient (Wildman–Crippen LogP) is 5.12. The number of aromatic nitrogens is 3. The van der Waals surface area contributed by atoms with E-state index < -0.39 is 0 Å². The van der Waals surface area contributed by atoms with E-state index in [-0.39, 0.29) is 0 Å². The van der Waals surface area contributed by atoms with Gasteiger partial charge in [-0.05, 0) is 18.2 Å². The lowest BCUT2D eigenvalue weighted by molar-refractivity contribution is 0.791. The van der Waals surface area contributed by atoms with E-state index in [1.54, 1.807) is 34.9 Å². The average Bonchev–Trinajstić information content (AvgIpc) is 3.08. The van der Waals surface area contributed by atoms with E-state index in [2.05, 4.69) is 22.1 Å². The molecule has 2 aromatic heterocycles. The zero-order valence-corrected chi connectivity index (χ0v) is 15.1. The average molecular weight is 368 g/mol. The first-order chi connectivity index (χ1) is 10.7. The second-order valence-corrected chi connectivity index (χ2v) is 8.23. The highest BCUT2D eigenvalue weighted by Crippen LogP contribution is 2.31. The van der Waals surface area contributed by atoms with E-state index in [1.807, 2.05) is 42.2 Å². The summed E-state index contributed by atoms with van der Waals surface area (Å²) in [6.07, 6.45) is 8.14. The highest BCUT2D eigenvalue weighted by atomic mass is 35.5. The van der Waals surface area contributed by atoms with Gasteiger partial charge in [0.1, 0.15) is 0 Å². The number of thioether (sulfide) groups is 2. The number of nitrogens with zero attached hydrogens (tertiary/aromatic N) is 3. The van der Waals surface area contributed by atoms with Crippen molar-refractivity contribution in [3.8, 4) is 0 Å². The summed E-state index contributed by atoms with van der Waals surface area (Å²) in [6.45, 7) is 0. The molecule has 1 aromatic carbocycles. The summed E-state index contributed by atoms with van der Waals surface area (Å²) < 4.78 is 4.25. The molecule has 0 aliphatic rings. The molecule has 0 atom stereocenters. The monoisotopic (exact) mass is 367 g/mol. The van der Waals surface area contributed by atoms with Gasteiger partial charge < -0.3 is 4.57 Å². The second kappa shape index (κ2) is 7.55. The SMILES string of the molecule is Cn1ccnc1SCC=CCSc1nc2ccc(Cl)cc2s1. The minimum atomic E-state index is 0.763. The van der Waals surface area contributed by atoms with Crippen molar-refractivity contribution in [1.82, 2.24) is 14.5 Å². The molecule has 114 valence electrons. The van der Waals surface area contributed by atoms with Gasteiger partial charge in [0.15, 0.2) is 9.50 Å². The van der Waals surface area contributed by atoms with Gasteiger partial charge in [-0.3, -0.25) is 0 Å². The van der Waals surface area contributed by atoms with Crippen LogP contribution in [-0.2, 0) is 7.05 Å². The molecule has 22 heavy (non-hydrogen) atoms. The highest BCUT2D eigenvalue weighted by Gasteiger charge is 2.04. The first-order valence-corrected chi connectivity index (χ1v) is 9.83. The van der Waals surface area contributed by atoms with Gasteiger partial charge in [-0.25, -0.2) is 9.97 Å². The van der Waals surface area contributed by atoms with Crippen molar-refractivity contribution in [2.45, 2.75) is 9.50 Å². The third kappa shape index (κ3) is 4.07. The van der Waals surface area contributed by atoms with Crippen molar-refractivity contribution in [2.24, 2.45) is 7.05 Å². The molecule has 3 aromatic rings. The maximum Gasteiger partial charge on any atom is 0.167 e. The summed E-state index contributed by atoms with van der Waals surface area (Å²) in [5, 5.41) is 1.80. The maximum absolute atomic E-state index is 5.99. The zero-order valence-electron chi connectivity index (χ0n) is 11.9. The molecule has 0 aliphatic heterocycles. The summed E-state index contributed by atoms with van der Waals surface area (Å²) in [6, 6.07) is 5.82. The maximum atomic E-state index is 5.99. The predicted molar refractivity (Wildman–Crippen MR) is 98.4 cm³/mol. The van der Waals surface area contributed by atoms with Crippen molar-refractivity contribution >= 4 is 56.7 Å². The van der Waals surface area contributed by atoms with Gasteiger partial charge in [0, 0.05) is 36.0 Å². The van der Waals surface area contributed by atoms with Crippen LogP contribution in [0.1, 0.15) is 0 Å². The fraction of sp³-hybridized carbons (Fsp3) is 0.200. The summed E-state index contributed by atoms with van der Waals surface area (Å²) in [5.41, 5.74) is 1.02. The van der Waals surface area contributed by atoms with E-state index in [0.29, 0.717) is 0 Å². The van der Waals surface area contributed by atoms with E-state index in [0.717, 1.165) is 36.2 Å².